The maximum Gasteiger partial charge on any atom is 0.322 e. The van der Waals surface area contributed by atoms with Crippen LogP contribution in [0, 0.1) is 5.92 Å². The summed E-state index contributed by atoms with van der Waals surface area (Å²) in [5.74, 6) is -0.0468. The molecule has 1 saturated heterocycles. The Labute approximate surface area is 103 Å². The van der Waals surface area contributed by atoms with Crippen LogP contribution in [0.4, 0.5) is 0 Å². The molecule has 1 heterocycles. The van der Waals surface area contributed by atoms with E-state index in [0.717, 1.165) is 44.9 Å². The number of carbonyl (C=O) groups is 1. The molecular weight excluding hydrogens is 220 g/mol. The maximum atomic E-state index is 10.9. The summed E-state index contributed by atoms with van der Waals surface area (Å²) in [6.45, 7) is 3.26. The highest BCUT2D eigenvalue weighted by atomic mass is 16.5. The van der Waals surface area contributed by atoms with E-state index in [1.807, 2.05) is 7.05 Å². The van der Waals surface area contributed by atoms with Crippen molar-refractivity contribution in [2.75, 3.05) is 40.4 Å². The van der Waals surface area contributed by atoms with E-state index in [1.165, 1.54) is 0 Å². The van der Waals surface area contributed by atoms with Crippen LogP contribution in [0.1, 0.15) is 19.3 Å². The van der Waals surface area contributed by atoms with Gasteiger partial charge in [-0.1, -0.05) is 0 Å². The third kappa shape index (κ3) is 5.48. The summed E-state index contributed by atoms with van der Waals surface area (Å²) in [6.07, 6.45) is 3.42. The van der Waals surface area contributed by atoms with Crippen molar-refractivity contribution in [1.29, 1.82) is 0 Å². The fourth-order valence-corrected chi connectivity index (χ4v) is 2.13. The van der Waals surface area contributed by atoms with E-state index >= 15 is 0 Å². The summed E-state index contributed by atoms with van der Waals surface area (Å²) in [5.41, 5.74) is 0. The standard InChI is InChI=1S/C12H24N2O3/c1-13-11(12(15)16)9-14(2)6-3-10-4-7-17-8-5-10/h10-11,13H,3-9H2,1-2H3,(H,15,16). The molecule has 0 aromatic rings. The van der Waals surface area contributed by atoms with E-state index in [0.29, 0.717) is 6.54 Å². The van der Waals surface area contributed by atoms with Crippen LogP contribution in [0.3, 0.4) is 0 Å². The van der Waals surface area contributed by atoms with Gasteiger partial charge < -0.3 is 20.1 Å². The lowest BCUT2D eigenvalue weighted by atomic mass is 9.96. The zero-order chi connectivity index (χ0) is 12.7. The monoisotopic (exact) mass is 244 g/mol. The van der Waals surface area contributed by atoms with Gasteiger partial charge in [-0.25, -0.2) is 0 Å². The summed E-state index contributed by atoms with van der Waals surface area (Å²) in [6, 6.07) is -0.477. The maximum absolute atomic E-state index is 10.9. The molecule has 5 heteroatoms. The number of likely N-dealkylation sites (N-methyl/N-ethyl adjacent to an activating group) is 2. The molecule has 0 aromatic heterocycles. The second-order valence-corrected chi connectivity index (χ2v) is 4.79. The molecule has 0 saturated carbocycles. The lowest BCUT2D eigenvalue weighted by molar-refractivity contribution is -0.139. The predicted octanol–water partition coefficient (Wildman–Crippen LogP) is 0.408. The van der Waals surface area contributed by atoms with Crippen LogP contribution in [0.15, 0.2) is 0 Å². The van der Waals surface area contributed by atoms with Crippen molar-refractivity contribution in [3.8, 4) is 0 Å². The van der Waals surface area contributed by atoms with E-state index < -0.39 is 12.0 Å². The van der Waals surface area contributed by atoms with Crippen LogP contribution in [0.25, 0.3) is 0 Å². The fourth-order valence-electron chi connectivity index (χ4n) is 2.13. The van der Waals surface area contributed by atoms with Gasteiger partial charge in [0.05, 0.1) is 0 Å². The normalized spacial score (nSPS) is 19.5. The molecule has 1 fully saturated rings. The minimum Gasteiger partial charge on any atom is -0.480 e. The number of ether oxygens (including phenoxy) is 1. The van der Waals surface area contributed by atoms with Gasteiger partial charge in [-0.3, -0.25) is 4.79 Å². The average molecular weight is 244 g/mol. The molecule has 1 unspecified atom stereocenters. The van der Waals surface area contributed by atoms with Gasteiger partial charge in [0.1, 0.15) is 6.04 Å². The number of aliphatic carboxylic acids is 1. The Morgan fingerprint density at radius 3 is 2.71 bits per heavy atom. The molecule has 0 aliphatic carbocycles. The lowest BCUT2D eigenvalue weighted by Gasteiger charge is -2.26. The molecule has 2 N–H and O–H groups in total. The number of carboxylic acids is 1. The van der Waals surface area contributed by atoms with Gasteiger partial charge in [0, 0.05) is 19.8 Å². The SMILES string of the molecule is CNC(CN(C)CCC1CCOCC1)C(=O)O. The predicted molar refractivity (Wildman–Crippen MR) is 66.1 cm³/mol. The first-order valence-electron chi connectivity index (χ1n) is 6.30. The van der Waals surface area contributed by atoms with Gasteiger partial charge in [0.15, 0.2) is 0 Å². The van der Waals surface area contributed by atoms with Crippen molar-refractivity contribution < 1.29 is 14.6 Å². The van der Waals surface area contributed by atoms with Crippen molar-refractivity contribution in [2.24, 2.45) is 5.92 Å². The second-order valence-electron chi connectivity index (χ2n) is 4.79. The van der Waals surface area contributed by atoms with Crippen molar-refractivity contribution >= 4 is 5.97 Å². The van der Waals surface area contributed by atoms with E-state index in [9.17, 15) is 4.79 Å². The van der Waals surface area contributed by atoms with Gasteiger partial charge in [-0.15, -0.1) is 0 Å². The van der Waals surface area contributed by atoms with Crippen molar-refractivity contribution in [3.63, 3.8) is 0 Å². The minimum absolute atomic E-state index is 0.477. The first-order chi connectivity index (χ1) is 8.13. The second kappa shape index (κ2) is 7.63. The molecule has 0 aromatic carbocycles. The number of carboxylic acid groups (broad SMARTS) is 1. The number of nitrogens with zero attached hydrogens (tertiary/aromatic N) is 1. The summed E-state index contributed by atoms with van der Waals surface area (Å²) in [4.78, 5) is 13.0. The van der Waals surface area contributed by atoms with Gasteiger partial charge >= 0.3 is 5.97 Å². The summed E-state index contributed by atoms with van der Waals surface area (Å²) >= 11 is 0. The number of hydrogen-bond acceptors (Lipinski definition) is 4. The van der Waals surface area contributed by atoms with Gasteiger partial charge in [-0.05, 0) is 45.8 Å². The molecule has 1 rings (SSSR count). The fraction of sp³-hybridized carbons (Fsp3) is 0.917. The molecule has 0 spiro atoms. The minimum atomic E-state index is -0.787. The van der Waals surface area contributed by atoms with Crippen LogP contribution in [0.2, 0.25) is 0 Å². The molecule has 1 aliphatic heterocycles. The van der Waals surface area contributed by atoms with E-state index in [-0.39, 0.29) is 0 Å². The van der Waals surface area contributed by atoms with Gasteiger partial charge in [0.2, 0.25) is 0 Å². The Morgan fingerprint density at radius 2 is 2.18 bits per heavy atom. The number of nitrogens with one attached hydrogen (secondary N) is 1. The molecule has 5 nitrogen and oxygen atoms in total. The van der Waals surface area contributed by atoms with Gasteiger partial charge in [0.25, 0.3) is 0 Å². The van der Waals surface area contributed by atoms with Crippen LogP contribution in [0.5, 0.6) is 0 Å². The highest BCUT2D eigenvalue weighted by Gasteiger charge is 2.18. The Morgan fingerprint density at radius 1 is 1.53 bits per heavy atom. The quantitative estimate of drug-likeness (QED) is 0.679. The van der Waals surface area contributed by atoms with Crippen molar-refractivity contribution in [1.82, 2.24) is 10.2 Å². The first-order valence-corrected chi connectivity index (χ1v) is 6.30. The summed E-state index contributed by atoms with van der Waals surface area (Å²) < 4.78 is 5.32. The van der Waals surface area contributed by atoms with E-state index in [2.05, 4.69) is 10.2 Å². The Balaban J connectivity index is 2.19. The molecule has 0 amide bonds. The zero-order valence-electron chi connectivity index (χ0n) is 10.8. The largest absolute Gasteiger partial charge is 0.480 e. The van der Waals surface area contributed by atoms with Crippen LogP contribution in [-0.4, -0.2) is 62.4 Å². The smallest absolute Gasteiger partial charge is 0.322 e. The summed E-state index contributed by atoms with van der Waals surface area (Å²) in [5, 5.41) is 11.7. The molecule has 100 valence electrons. The Hall–Kier alpha value is -0.650. The highest BCUT2D eigenvalue weighted by Crippen LogP contribution is 2.18. The molecule has 0 radical (unpaired) electrons. The molecule has 0 bridgehead atoms. The Bertz CT molecular complexity index is 230. The van der Waals surface area contributed by atoms with E-state index in [4.69, 9.17) is 9.84 Å². The van der Waals surface area contributed by atoms with Crippen LogP contribution < -0.4 is 5.32 Å². The third-order valence-corrected chi connectivity index (χ3v) is 3.40. The number of hydrogen-bond donors (Lipinski definition) is 2. The average Bonchev–Trinajstić information content (AvgIpc) is 2.34. The lowest BCUT2D eigenvalue weighted by Crippen LogP contribution is -2.43. The Kier molecular flexibility index (Phi) is 6.47. The zero-order valence-corrected chi connectivity index (χ0v) is 10.8. The molecular formula is C12H24N2O3. The molecule has 1 aliphatic rings. The van der Waals surface area contributed by atoms with Crippen LogP contribution in [-0.2, 0) is 9.53 Å². The molecule has 17 heavy (non-hydrogen) atoms. The summed E-state index contributed by atoms with van der Waals surface area (Å²) in [7, 11) is 3.66. The topological polar surface area (TPSA) is 61.8 Å². The van der Waals surface area contributed by atoms with Crippen molar-refractivity contribution in [2.45, 2.75) is 25.3 Å². The van der Waals surface area contributed by atoms with E-state index in [1.54, 1.807) is 7.05 Å². The van der Waals surface area contributed by atoms with Crippen LogP contribution >= 0.6 is 0 Å². The first kappa shape index (κ1) is 14.4. The number of rotatable bonds is 7. The molecule has 1 atom stereocenters. The highest BCUT2D eigenvalue weighted by molar-refractivity contribution is 5.73. The van der Waals surface area contributed by atoms with Gasteiger partial charge in [-0.2, -0.15) is 0 Å². The third-order valence-electron chi connectivity index (χ3n) is 3.40. The van der Waals surface area contributed by atoms with Crippen molar-refractivity contribution in [3.05, 3.63) is 0 Å².